The molecule has 0 radical (unpaired) electrons. The van der Waals surface area contributed by atoms with E-state index < -0.39 is 0 Å². The van der Waals surface area contributed by atoms with E-state index in [0.717, 1.165) is 11.0 Å². The molecule has 0 saturated carbocycles. The first kappa shape index (κ1) is 17.1. The summed E-state index contributed by atoms with van der Waals surface area (Å²) in [5.41, 5.74) is -0.297. The zero-order chi connectivity index (χ0) is 16.3. The van der Waals surface area contributed by atoms with Gasteiger partial charge in [0, 0.05) is 38.1 Å². The maximum atomic E-state index is 12.2. The van der Waals surface area contributed by atoms with E-state index in [0.29, 0.717) is 19.0 Å². The Morgan fingerprint density at radius 2 is 2.00 bits per heavy atom. The summed E-state index contributed by atoms with van der Waals surface area (Å²) in [4.78, 5) is 24.9. The molecule has 1 amide bonds. The van der Waals surface area contributed by atoms with E-state index in [4.69, 9.17) is 4.74 Å². The van der Waals surface area contributed by atoms with E-state index >= 15 is 0 Å². The smallest absolute Gasteiger partial charge is 0.248 e. The third-order valence-corrected chi connectivity index (χ3v) is 3.88. The van der Waals surface area contributed by atoms with Crippen molar-refractivity contribution in [3.8, 4) is 0 Å². The largest absolute Gasteiger partial charge is 0.366 e. The molecule has 1 fully saturated rings. The van der Waals surface area contributed by atoms with Gasteiger partial charge in [0.2, 0.25) is 11.9 Å². The second-order valence-electron chi connectivity index (χ2n) is 6.48. The summed E-state index contributed by atoms with van der Waals surface area (Å²) < 4.78 is 6.43. The van der Waals surface area contributed by atoms with Gasteiger partial charge in [0.05, 0.1) is 10.1 Å². The Labute approximate surface area is 140 Å². The summed E-state index contributed by atoms with van der Waals surface area (Å²) in [6, 6.07) is 0.175. The van der Waals surface area contributed by atoms with Crippen molar-refractivity contribution in [1.82, 2.24) is 14.9 Å². The Bertz CT molecular complexity index is 515. The van der Waals surface area contributed by atoms with Gasteiger partial charge in [-0.15, -0.1) is 0 Å². The molecule has 2 rings (SSSR count). The Morgan fingerprint density at radius 1 is 1.36 bits per heavy atom. The van der Waals surface area contributed by atoms with Crippen molar-refractivity contribution in [2.45, 2.75) is 39.3 Å². The second kappa shape index (κ2) is 6.91. The highest BCUT2D eigenvalue weighted by Gasteiger charge is 2.28. The van der Waals surface area contributed by atoms with Gasteiger partial charge in [0.15, 0.2) is 0 Å². The molecule has 0 N–H and O–H groups in total. The number of carbonyl (C=O) groups is 1. The van der Waals surface area contributed by atoms with Crippen molar-refractivity contribution in [2.75, 3.05) is 31.1 Å². The first-order valence-corrected chi connectivity index (χ1v) is 8.21. The number of hydrogen-bond acceptors (Lipinski definition) is 5. The summed E-state index contributed by atoms with van der Waals surface area (Å²) >= 11 is 3.34. The van der Waals surface area contributed by atoms with Gasteiger partial charge in [-0.1, -0.05) is 0 Å². The molecule has 7 heteroatoms. The lowest BCUT2D eigenvalue weighted by Crippen LogP contribution is -2.55. The SMILES string of the molecule is CC1CN(C(=O)COC(C)(C)C)CCN1c1ncc(Br)cn1. The van der Waals surface area contributed by atoms with Gasteiger partial charge in [-0.2, -0.15) is 0 Å². The Kier molecular flexibility index (Phi) is 5.39. The molecule has 0 aromatic carbocycles. The highest BCUT2D eigenvalue weighted by molar-refractivity contribution is 9.10. The van der Waals surface area contributed by atoms with Crippen molar-refractivity contribution in [3.05, 3.63) is 16.9 Å². The predicted molar refractivity (Wildman–Crippen MR) is 88.8 cm³/mol. The molecule has 0 bridgehead atoms. The van der Waals surface area contributed by atoms with E-state index in [9.17, 15) is 4.79 Å². The van der Waals surface area contributed by atoms with Crippen LogP contribution < -0.4 is 4.90 Å². The van der Waals surface area contributed by atoms with Crippen LogP contribution in [0.3, 0.4) is 0 Å². The lowest BCUT2D eigenvalue weighted by atomic mass is 10.2. The number of rotatable bonds is 3. The lowest BCUT2D eigenvalue weighted by molar-refractivity contribution is -0.141. The number of anilines is 1. The molecule has 1 aliphatic rings. The van der Waals surface area contributed by atoms with Crippen LogP contribution in [0.2, 0.25) is 0 Å². The molecule has 6 nitrogen and oxygen atoms in total. The molecule has 22 heavy (non-hydrogen) atoms. The first-order chi connectivity index (χ1) is 10.3. The molecule has 1 aromatic rings. The third-order valence-electron chi connectivity index (χ3n) is 3.47. The van der Waals surface area contributed by atoms with Crippen LogP contribution in [0, 0.1) is 0 Å². The van der Waals surface area contributed by atoms with Crippen LogP contribution in [0.4, 0.5) is 5.95 Å². The quantitative estimate of drug-likeness (QED) is 0.815. The number of hydrogen-bond donors (Lipinski definition) is 0. The molecule has 1 atom stereocenters. The van der Waals surface area contributed by atoms with Crippen LogP contribution in [-0.2, 0) is 9.53 Å². The number of nitrogens with zero attached hydrogens (tertiary/aromatic N) is 4. The van der Waals surface area contributed by atoms with Crippen molar-refractivity contribution in [1.29, 1.82) is 0 Å². The number of aromatic nitrogens is 2. The van der Waals surface area contributed by atoms with Crippen LogP contribution in [0.1, 0.15) is 27.7 Å². The van der Waals surface area contributed by atoms with E-state index in [1.807, 2.05) is 25.7 Å². The predicted octanol–water partition coefficient (Wildman–Crippen LogP) is 2.09. The highest BCUT2D eigenvalue weighted by Crippen LogP contribution is 2.18. The highest BCUT2D eigenvalue weighted by atomic mass is 79.9. The average molecular weight is 371 g/mol. The average Bonchev–Trinajstić information content (AvgIpc) is 2.45. The van der Waals surface area contributed by atoms with Crippen LogP contribution in [0.15, 0.2) is 16.9 Å². The molecule has 0 spiro atoms. The molecule has 2 heterocycles. The zero-order valence-corrected chi connectivity index (χ0v) is 15.1. The van der Waals surface area contributed by atoms with Gasteiger partial charge in [-0.05, 0) is 43.6 Å². The van der Waals surface area contributed by atoms with E-state index in [-0.39, 0.29) is 24.2 Å². The van der Waals surface area contributed by atoms with Gasteiger partial charge in [0.1, 0.15) is 6.61 Å². The number of amides is 1. The minimum atomic E-state index is -0.297. The van der Waals surface area contributed by atoms with Gasteiger partial charge < -0.3 is 14.5 Å². The summed E-state index contributed by atoms with van der Waals surface area (Å²) in [5.74, 6) is 0.742. The van der Waals surface area contributed by atoms with Crippen LogP contribution >= 0.6 is 15.9 Å². The molecule has 0 aliphatic carbocycles. The van der Waals surface area contributed by atoms with Gasteiger partial charge >= 0.3 is 0 Å². The topological polar surface area (TPSA) is 58.6 Å². The molecule has 1 aliphatic heterocycles. The van der Waals surface area contributed by atoms with E-state index in [1.54, 1.807) is 12.4 Å². The van der Waals surface area contributed by atoms with E-state index in [2.05, 4.69) is 37.7 Å². The zero-order valence-electron chi connectivity index (χ0n) is 13.5. The minimum absolute atomic E-state index is 0.0400. The summed E-state index contributed by atoms with van der Waals surface area (Å²) in [6.45, 7) is 10.1. The Hall–Kier alpha value is -1.21. The fourth-order valence-electron chi connectivity index (χ4n) is 2.30. The van der Waals surface area contributed by atoms with Crippen molar-refractivity contribution < 1.29 is 9.53 Å². The summed E-state index contributed by atoms with van der Waals surface area (Å²) in [7, 11) is 0. The second-order valence-corrected chi connectivity index (χ2v) is 7.40. The lowest BCUT2D eigenvalue weighted by Gasteiger charge is -2.40. The molecule has 1 unspecified atom stereocenters. The summed E-state index contributed by atoms with van der Waals surface area (Å²) in [6.07, 6.45) is 3.48. The minimum Gasteiger partial charge on any atom is -0.366 e. The normalized spacial score (nSPS) is 19.4. The Balaban J connectivity index is 1.92. The number of piperazine rings is 1. The molecule has 1 saturated heterocycles. The standard InChI is InChI=1S/C15H23BrN4O2/c1-11-9-19(13(21)10-22-15(2,3)4)5-6-20(11)14-17-7-12(16)8-18-14/h7-8,11H,5-6,9-10H2,1-4H3. The number of carbonyl (C=O) groups excluding carboxylic acids is 1. The molecular weight excluding hydrogens is 348 g/mol. The monoisotopic (exact) mass is 370 g/mol. The molecular formula is C15H23BrN4O2. The van der Waals surface area contributed by atoms with Crippen molar-refractivity contribution in [3.63, 3.8) is 0 Å². The Morgan fingerprint density at radius 3 is 2.55 bits per heavy atom. The molecule has 122 valence electrons. The van der Waals surface area contributed by atoms with Gasteiger partial charge in [-0.25, -0.2) is 9.97 Å². The summed E-state index contributed by atoms with van der Waals surface area (Å²) in [5, 5.41) is 0. The van der Waals surface area contributed by atoms with Gasteiger partial charge in [-0.3, -0.25) is 4.79 Å². The van der Waals surface area contributed by atoms with Crippen LogP contribution in [0.5, 0.6) is 0 Å². The van der Waals surface area contributed by atoms with E-state index in [1.165, 1.54) is 0 Å². The van der Waals surface area contributed by atoms with Crippen molar-refractivity contribution in [2.24, 2.45) is 0 Å². The third kappa shape index (κ3) is 4.64. The maximum absolute atomic E-state index is 12.2. The van der Waals surface area contributed by atoms with Crippen LogP contribution in [-0.4, -0.2) is 58.7 Å². The number of halogens is 1. The fourth-order valence-corrected chi connectivity index (χ4v) is 2.51. The number of ether oxygens (including phenoxy) is 1. The maximum Gasteiger partial charge on any atom is 0.248 e. The fraction of sp³-hybridized carbons (Fsp3) is 0.667. The van der Waals surface area contributed by atoms with Crippen molar-refractivity contribution >= 4 is 27.8 Å². The first-order valence-electron chi connectivity index (χ1n) is 7.42. The molecule has 1 aromatic heterocycles. The van der Waals surface area contributed by atoms with Crippen LogP contribution in [0.25, 0.3) is 0 Å². The van der Waals surface area contributed by atoms with Gasteiger partial charge in [0.25, 0.3) is 0 Å².